The van der Waals surface area contributed by atoms with Gasteiger partial charge in [0, 0.05) is 6.61 Å². The van der Waals surface area contributed by atoms with Crippen LogP contribution >= 0.6 is 0 Å². The van der Waals surface area contributed by atoms with Gasteiger partial charge in [0.25, 0.3) is 11.4 Å². The van der Waals surface area contributed by atoms with Gasteiger partial charge in [-0.2, -0.15) is 4.21 Å². The zero-order valence-corrected chi connectivity index (χ0v) is 31.5. The Hall–Kier alpha value is 0.510. The van der Waals surface area contributed by atoms with E-state index in [-0.39, 0.29) is 0 Å². The first kappa shape index (κ1) is 46.9. The molecule has 6 heteroatoms. The molecule has 0 aromatic carbocycles. The molecule has 0 radical (unpaired) electrons. The average Bonchev–Trinajstić information content (AvgIpc) is 2.97. The van der Waals surface area contributed by atoms with E-state index in [1.807, 2.05) is 0 Å². The Balaban J connectivity index is -0.000000641. The van der Waals surface area contributed by atoms with Crippen molar-refractivity contribution in [3.63, 3.8) is 0 Å². The van der Waals surface area contributed by atoms with Crippen LogP contribution in [0.15, 0.2) is 24.3 Å². The van der Waals surface area contributed by atoms with E-state index in [9.17, 15) is 0 Å². The van der Waals surface area contributed by atoms with Gasteiger partial charge in [-0.25, -0.2) is 0 Å². The minimum atomic E-state index is -2.61. The van der Waals surface area contributed by atoms with Crippen LogP contribution < -0.4 is 0 Å². The van der Waals surface area contributed by atoms with Gasteiger partial charge >= 0.3 is 101 Å². The van der Waals surface area contributed by atoms with E-state index in [0.29, 0.717) is 6.61 Å². The van der Waals surface area contributed by atoms with Crippen LogP contribution in [0.3, 0.4) is 0 Å². The molecule has 0 atom stereocenters. The summed E-state index contributed by atoms with van der Waals surface area (Å²) in [5, 5.41) is 8.67. The maximum Gasteiger partial charge on any atom is 0.299 e. The number of rotatable bonds is 30. The molecule has 3 N–H and O–H groups in total. The molecular weight excluding hydrogens is 551 g/mol. The molecule has 0 heterocycles. The van der Waals surface area contributed by atoms with Crippen LogP contribution in [0.25, 0.3) is 0 Å². The van der Waals surface area contributed by atoms with Gasteiger partial charge < -0.3 is 5.11 Å². The molecule has 0 aliphatic carbocycles. The van der Waals surface area contributed by atoms with Crippen molar-refractivity contribution in [2.45, 2.75) is 197 Å². The summed E-state index contributed by atoms with van der Waals surface area (Å²) in [5.41, 5.74) is 0. The van der Waals surface area contributed by atoms with Crippen molar-refractivity contribution in [3.8, 4) is 0 Å². The first-order chi connectivity index (χ1) is 20.6. The van der Waals surface area contributed by atoms with Crippen molar-refractivity contribution >= 4 is 39.3 Å². The van der Waals surface area contributed by atoms with E-state index in [1.54, 1.807) is 0 Å². The van der Waals surface area contributed by atoms with Gasteiger partial charge in [-0.1, -0.05) is 129 Å². The molecule has 42 heavy (non-hydrogen) atoms. The summed E-state index contributed by atoms with van der Waals surface area (Å²) < 4.78 is 24.3. The Labute approximate surface area is 284 Å². The van der Waals surface area contributed by atoms with Crippen LogP contribution in [0.2, 0.25) is 3.67 Å². The van der Waals surface area contributed by atoms with Gasteiger partial charge in [0.05, 0.1) is 0 Å². The van der Waals surface area contributed by atoms with Crippen LogP contribution in [-0.2, 0) is 11.4 Å². The van der Waals surface area contributed by atoms with Gasteiger partial charge in [0.1, 0.15) is 0 Å². The Bertz CT molecular complexity index is 509. The second-order valence-electron chi connectivity index (χ2n) is 11.8. The number of allylic oxidation sites excluding steroid dienone is 4. The minimum absolute atomic E-state index is 0.373. The van der Waals surface area contributed by atoms with E-state index in [0.717, 1.165) is 12.8 Å². The summed E-state index contributed by atoms with van der Waals surface area (Å²) >= 11 is -1.22. The van der Waals surface area contributed by atoms with Crippen molar-refractivity contribution in [1.29, 1.82) is 0 Å². The molecule has 0 amide bonds. The number of aliphatic hydroxyl groups is 1. The summed E-state index contributed by atoms with van der Waals surface area (Å²) in [5.74, 6) is 0. The Morgan fingerprint density at radius 3 is 1.12 bits per heavy atom. The smallest absolute Gasteiger partial charge is 0.299 e. The molecule has 0 rings (SSSR count). The first-order valence-corrected chi connectivity index (χ1v) is 20.7. The average molecular weight is 625 g/mol. The van der Waals surface area contributed by atoms with Crippen LogP contribution in [0.1, 0.15) is 194 Å². The summed E-state index contributed by atoms with van der Waals surface area (Å²) in [6, 6.07) is 0. The fraction of sp³-hybridized carbons (Fsp3) is 0.889. The molecule has 0 aliphatic rings. The molecule has 0 aromatic heterocycles. The SMILES string of the molecule is CCCCC/C=C\C/C=C\CCCCCCC[CH2][Na].CCCCCCCCCCCCCCCCCCO.O=S(O)O. The van der Waals surface area contributed by atoms with Gasteiger partial charge in [0.2, 0.25) is 0 Å². The van der Waals surface area contributed by atoms with E-state index in [1.165, 1.54) is 199 Å². The maximum atomic E-state index is 8.67. The fourth-order valence-corrected chi connectivity index (χ4v) is 5.40. The standard InChI is InChI=1S/C18H38O.C18H33.Na.H2O3S/c1-2-3-4-5-6-7-8-9-10-11-12-13-14-15-16-17-18-19;1-3-5-7-9-11-13-15-17-18-16-14-12-10-8-6-4-2;;1-4(2)3/h19H,2-18H2,1H3;12,14,17-18H,1,3-11,13,15-16H2,2H3;;(H2,1,2,3)/b;14-12-,18-17-;;. The Morgan fingerprint density at radius 2 is 0.762 bits per heavy atom. The topological polar surface area (TPSA) is 77.8 Å². The monoisotopic (exact) mass is 625 g/mol. The first-order valence-electron chi connectivity index (χ1n) is 18.3. The molecule has 0 aromatic rings. The van der Waals surface area contributed by atoms with Gasteiger partial charge in [-0.05, 0) is 19.3 Å². The summed E-state index contributed by atoms with van der Waals surface area (Å²) in [7, 11) is 0. The molecule has 0 spiro atoms. The van der Waals surface area contributed by atoms with Gasteiger partial charge in [-0.3, -0.25) is 9.11 Å². The van der Waals surface area contributed by atoms with Crippen molar-refractivity contribution in [2.24, 2.45) is 0 Å². The van der Waals surface area contributed by atoms with E-state index in [4.69, 9.17) is 18.4 Å². The van der Waals surface area contributed by atoms with Gasteiger partial charge in [-0.15, -0.1) is 0 Å². The molecule has 248 valence electrons. The Morgan fingerprint density at radius 1 is 0.476 bits per heavy atom. The summed E-state index contributed by atoms with van der Waals surface area (Å²) in [6.45, 7) is 4.92. The second-order valence-corrected chi connectivity index (χ2v) is 13.3. The molecule has 0 bridgehead atoms. The third kappa shape index (κ3) is 59.8. The number of hydrogen-bond donors (Lipinski definition) is 3. The molecule has 0 fully saturated rings. The largest absolute Gasteiger partial charge is 0.396 e. The number of aliphatic hydroxyl groups excluding tert-OH is 1. The fourth-order valence-electron chi connectivity index (χ4n) is 4.90. The Kier molecular flexibility index (Phi) is 54.1. The van der Waals surface area contributed by atoms with E-state index < -0.39 is 11.4 Å². The third-order valence-corrected chi connectivity index (χ3v) is 8.27. The van der Waals surface area contributed by atoms with Crippen LogP contribution in [0, 0.1) is 0 Å². The second kappa shape index (κ2) is 48.4. The molecule has 0 saturated carbocycles. The zero-order valence-electron chi connectivity index (χ0n) is 28.7. The third-order valence-electron chi connectivity index (χ3n) is 7.57. The predicted octanol–water partition coefficient (Wildman–Crippen LogP) is 12.3. The van der Waals surface area contributed by atoms with Crippen molar-refractivity contribution in [2.75, 3.05) is 6.61 Å². The molecule has 0 aliphatic heterocycles. The minimum Gasteiger partial charge on any atom is -0.396 e. The van der Waals surface area contributed by atoms with Crippen molar-refractivity contribution in [1.82, 2.24) is 0 Å². The summed E-state index contributed by atoms with van der Waals surface area (Å²) in [4.78, 5) is 0. The molecular formula is C36H73NaO4S. The maximum absolute atomic E-state index is 8.67. The van der Waals surface area contributed by atoms with Crippen molar-refractivity contribution < 1.29 is 18.4 Å². The van der Waals surface area contributed by atoms with Crippen LogP contribution in [-0.4, -0.2) is 53.0 Å². The van der Waals surface area contributed by atoms with Crippen molar-refractivity contribution in [3.05, 3.63) is 24.3 Å². The molecule has 4 nitrogen and oxygen atoms in total. The van der Waals surface area contributed by atoms with Crippen LogP contribution in [0.4, 0.5) is 0 Å². The van der Waals surface area contributed by atoms with E-state index in [2.05, 4.69) is 38.2 Å². The van der Waals surface area contributed by atoms with Crippen LogP contribution in [0.5, 0.6) is 0 Å². The zero-order chi connectivity index (χ0) is 31.6. The number of unbranched alkanes of at least 4 members (excludes halogenated alkanes) is 24. The quantitative estimate of drug-likeness (QED) is 0.0321. The molecule has 0 saturated heterocycles. The summed E-state index contributed by atoms with van der Waals surface area (Å²) in [6.07, 6.45) is 48.0. The molecule has 0 unspecified atom stereocenters. The number of hydrogen-bond acceptors (Lipinski definition) is 2. The van der Waals surface area contributed by atoms with Gasteiger partial charge in [0.15, 0.2) is 0 Å². The predicted molar refractivity (Wildman–Crippen MR) is 190 cm³/mol. The normalized spacial score (nSPS) is 11.2. The van der Waals surface area contributed by atoms with E-state index >= 15 is 0 Å².